The van der Waals surface area contributed by atoms with E-state index < -0.39 is 11.7 Å². The van der Waals surface area contributed by atoms with Gasteiger partial charge in [-0.1, -0.05) is 18.2 Å². The lowest BCUT2D eigenvalue weighted by Crippen LogP contribution is -2.18. The molecule has 0 aliphatic rings. The molecular weight excluding hydrogens is 355 g/mol. The Bertz CT molecular complexity index is 1020. The molecule has 0 aliphatic heterocycles. The predicted molar refractivity (Wildman–Crippen MR) is 108 cm³/mol. The number of nitriles is 1. The molecule has 3 N–H and O–H groups in total. The molecule has 1 amide bonds. The van der Waals surface area contributed by atoms with Gasteiger partial charge in [-0.2, -0.15) is 5.26 Å². The van der Waals surface area contributed by atoms with Crippen LogP contribution in [-0.2, 0) is 4.79 Å². The number of hydrogen-bond donors (Lipinski definition) is 2. The number of nitrogens with two attached hydrogens (primary N) is 1. The molecular formula is C22H17FN4O. The monoisotopic (exact) mass is 372 g/mol. The van der Waals surface area contributed by atoms with Crippen molar-refractivity contribution in [2.24, 2.45) is 0 Å². The van der Waals surface area contributed by atoms with Crippen LogP contribution in [0.3, 0.4) is 0 Å². The molecule has 3 rings (SSSR count). The molecule has 0 heterocycles. The number of anilines is 4. The van der Waals surface area contributed by atoms with Gasteiger partial charge in [-0.25, -0.2) is 4.39 Å². The molecule has 6 heteroatoms. The maximum atomic E-state index is 13.0. The second-order valence-electron chi connectivity index (χ2n) is 5.91. The van der Waals surface area contributed by atoms with Gasteiger partial charge in [0, 0.05) is 28.9 Å². The molecule has 138 valence electrons. The van der Waals surface area contributed by atoms with E-state index in [1.165, 1.54) is 30.5 Å². The summed E-state index contributed by atoms with van der Waals surface area (Å²) in [6, 6.07) is 23.6. The zero-order valence-corrected chi connectivity index (χ0v) is 14.8. The largest absolute Gasteiger partial charge is 0.399 e. The molecule has 0 aromatic heterocycles. The molecule has 5 nitrogen and oxygen atoms in total. The Balaban J connectivity index is 1.94. The van der Waals surface area contributed by atoms with Gasteiger partial charge in [-0.05, 0) is 60.7 Å². The number of halogens is 1. The van der Waals surface area contributed by atoms with Gasteiger partial charge in [-0.3, -0.25) is 4.79 Å². The summed E-state index contributed by atoms with van der Waals surface area (Å²) in [7, 11) is 0. The summed E-state index contributed by atoms with van der Waals surface area (Å²) in [5, 5.41) is 12.1. The fourth-order valence-electron chi connectivity index (χ4n) is 2.52. The Kier molecular flexibility index (Phi) is 5.68. The number of nitrogens with one attached hydrogen (secondary N) is 1. The first-order valence-electron chi connectivity index (χ1n) is 8.45. The molecule has 0 radical (unpaired) electrons. The van der Waals surface area contributed by atoms with E-state index in [1.54, 1.807) is 29.2 Å². The molecule has 28 heavy (non-hydrogen) atoms. The number of hydrogen-bond acceptors (Lipinski definition) is 4. The van der Waals surface area contributed by atoms with Crippen LogP contribution < -0.4 is 16.0 Å². The Morgan fingerprint density at radius 1 is 0.964 bits per heavy atom. The molecule has 0 atom stereocenters. The summed E-state index contributed by atoms with van der Waals surface area (Å²) < 4.78 is 13.0. The van der Waals surface area contributed by atoms with Crippen LogP contribution in [0.25, 0.3) is 0 Å². The second kappa shape index (κ2) is 8.52. The summed E-state index contributed by atoms with van der Waals surface area (Å²) in [4.78, 5) is 14.3. The topological polar surface area (TPSA) is 82.2 Å². The lowest BCUT2D eigenvalue weighted by molar-refractivity contribution is -0.112. The van der Waals surface area contributed by atoms with Crippen LogP contribution in [0.1, 0.15) is 0 Å². The van der Waals surface area contributed by atoms with Crippen molar-refractivity contribution in [2.75, 3.05) is 16.0 Å². The predicted octanol–water partition coefficient (Wildman–Crippen LogP) is 4.59. The number of amides is 1. The number of nitrogens with zero attached hydrogens (tertiary/aromatic N) is 2. The fourth-order valence-corrected chi connectivity index (χ4v) is 2.52. The third-order valence-corrected chi connectivity index (χ3v) is 3.93. The average molecular weight is 372 g/mol. The van der Waals surface area contributed by atoms with E-state index in [9.17, 15) is 14.4 Å². The summed E-state index contributed by atoms with van der Waals surface area (Å²) in [5.41, 5.74) is 8.17. The molecule has 3 aromatic carbocycles. The van der Waals surface area contributed by atoms with Gasteiger partial charge in [0.1, 0.15) is 17.5 Å². The quantitative estimate of drug-likeness (QED) is 0.390. The Morgan fingerprint density at radius 2 is 1.57 bits per heavy atom. The van der Waals surface area contributed by atoms with Crippen molar-refractivity contribution in [3.63, 3.8) is 0 Å². The summed E-state index contributed by atoms with van der Waals surface area (Å²) in [5.74, 6) is -1.00. The maximum Gasteiger partial charge on any atom is 0.267 e. The van der Waals surface area contributed by atoms with Gasteiger partial charge in [0.15, 0.2) is 0 Å². The third kappa shape index (κ3) is 4.54. The molecule has 0 unspecified atom stereocenters. The lowest BCUT2D eigenvalue weighted by Gasteiger charge is -2.21. The van der Waals surface area contributed by atoms with Crippen LogP contribution in [0.4, 0.5) is 27.1 Å². The van der Waals surface area contributed by atoms with Crippen molar-refractivity contribution < 1.29 is 9.18 Å². The van der Waals surface area contributed by atoms with E-state index in [0.29, 0.717) is 11.4 Å². The van der Waals surface area contributed by atoms with Crippen LogP contribution in [0.5, 0.6) is 0 Å². The first kappa shape index (κ1) is 18.7. The average Bonchev–Trinajstić information content (AvgIpc) is 2.72. The standard InChI is InChI=1S/C22H17FN4O/c23-17-6-10-19(11-7-17)26-22(28)16(14-24)15-27(20-4-2-1-3-5-20)21-12-8-18(25)9-13-21/h1-13,15H,25H2,(H,26,28)/b16-15-. The van der Waals surface area contributed by atoms with E-state index >= 15 is 0 Å². The highest BCUT2D eigenvalue weighted by Crippen LogP contribution is 2.27. The summed E-state index contributed by atoms with van der Waals surface area (Å²) in [6.07, 6.45) is 1.46. The lowest BCUT2D eigenvalue weighted by atomic mass is 10.2. The molecule has 0 fully saturated rings. The first-order valence-corrected chi connectivity index (χ1v) is 8.45. The van der Waals surface area contributed by atoms with Crippen molar-refractivity contribution in [3.8, 4) is 6.07 Å². The molecule has 0 saturated carbocycles. The van der Waals surface area contributed by atoms with Crippen LogP contribution in [0.15, 0.2) is 90.6 Å². The van der Waals surface area contributed by atoms with E-state index in [1.807, 2.05) is 36.4 Å². The minimum absolute atomic E-state index is 0.106. The minimum atomic E-state index is -0.592. The highest BCUT2D eigenvalue weighted by atomic mass is 19.1. The molecule has 3 aromatic rings. The summed E-state index contributed by atoms with van der Waals surface area (Å²) >= 11 is 0. The minimum Gasteiger partial charge on any atom is -0.399 e. The number of carbonyl (C=O) groups is 1. The van der Waals surface area contributed by atoms with Crippen molar-refractivity contribution in [3.05, 3.63) is 96.5 Å². The highest BCUT2D eigenvalue weighted by Gasteiger charge is 2.14. The van der Waals surface area contributed by atoms with Crippen LogP contribution in [-0.4, -0.2) is 5.91 Å². The van der Waals surface area contributed by atoms with Gasteiger partial charge in [-0.15, -0.1) is 0 Å². The van der Waals surface area contributed by atoms with E-state index in [0.717, 1.165) is 11.4 Å². The number of rotatable bonds is 5. The Hall–Kier alpha value is -4.11. The Morgan fingerprint density at radius 3 is 2.18 bits per heavy atom. The zero-order chi connectivity index (χ0) is 19.9. The molecule has 0 aliphatic carbocycles. The van der Waals surface area contributed by atoms with Gasteiger partial charge in [0.25, 0.3) is 5.91 Å². The fraction of sp³-hybridized carbons (Fsp3) is 0. The van der Waals surface area contributed by atoms with Crippen molar-refractivity contribution in [1.82, 2.24) is 0 Å². The SMILES string of the molecule is N#C/C(=C/N(c1ccccc1)c1ccc(N)cc1)C(=O)Nc1ccc(F)cc1. The van der Waals surface area contributed by atoms with Gasteiger partial charge in [0.05, 0.1) is 0 Å². The first-order chi connectivity index (χ1) is 13.6. The smallest absolute Gasteiger partial charge is 0.267 e. The van der Waals surface area contributed by atoms with Crippen LogP contribution in [0.2, 0.25) is 0 Å². The van der Waals surface area contributed by atoms with E-state index in [-0.39, 0.29) is 5.57 Å². The molecule has 0 saturated heterocycles. The van der Waals surface area contributed by atoms with E-state index in [2.05, 4.69) is 5.32 Å². The van der Waals surface area contributed by atoms with Gasteiger partial charge < -0.3 is 16.0 Å². The zero-order valence-electron chi connectivity index (χ0n) is 14.8. The van der Waals surface area contributed by atoms with Crippen LogP contribution >= 0.6 is 0 Å². The number of benzene rings is 3. The number of carbonyl (C=O) groups excluding carboxylic acids is 1. The highest BCUT2D eigenvalue weighted by molar-refractivity contribution is 6.07. The van der Waals surface area contributed by atoms with Crippen molar-refractivity contribution in [2.45, 2.75) is 0 Å². The summed E-state index contributed by atoms with van der Waals surface area (Å²) in [6.45, 7) is 0. The molecule has 0 spiro atoms. The van der Waals surface area contributed by atoms with Crippen molar-refractivity contribution >= 4 is 28.7 Å². The van der Waals surface area contributed by atoms with Crippen molar-refractivity contribution in [1.29, 1.82) is 5.26 Å². The Labute approximate surface area is 162 Å². The normalized spacial score (nSPS) is 10.8. The number of nitrogen functional groups attached to an aromatic ring is 1. The third-order valence-electron chi connectivity index (χ3n) is 3.93. The number of para-hydroxylation sites is 1. The van der Waals surface area contributed by atoms with Crippen LogP contribution in [0, 0.1) is 17.1 Å². The van der Waals surface area contributed by atoms with E-state index in [4.69, 9.17) is 5.73 Å². The molecule has 0 bridgehead atoms. The second-order valence-corrected chi connectivity index (χ2v) is 5.91. The maximum absolute atomic E-state index is 13.0. The van der Waals surface area contributed by atoms with Gasteiger partial charge >= 0.3 is 0 Å². The van der Waals surface area contributed by atoms with Gasteiger partial charge in [0.2, 0.25) is 0 Å².